The summed E-state index contributed by atoms with van der Waals surface area (Å²) in [6.07, 6.45) is 0. The second kappa shape index (κ2) is 4.27. The SMILES string of the molecule is CO[Si](OC)(OC)OS(=O)(=O)O. The highest BCUT2D eigenvalue weighted by Crippen LogP contribution is 2.10. The zero-order valence-electron chi connectivity index (χ0n) is 6.80. The van der Waals surface area contributed by atoms with Crippen molar-refractivity contribution in [2.45, 2.75) is 0 Å². The predicted molar refractivity (Wildman–Crippen MR) is 39.4 cm³/mol. The number of rotatable bonds is 5. The van der Waals surface area contributed by atoms with Crippen LogP contribution in [0.3, 0.4) is 0 Å². The fraction of sp³-hybridized carbons (Fsp3) is 1.00. The van der Waals surface area contributed by atoms with Crippen molar-refractivity contribution in [1.82, 2.24) is 0 Å². The smallest absolute Gasteiger partial charge is 0.354 e. The molecule has 0 saturated heterocycles. The van der Waals surface area contributed by atoms with E-state index in [0.29, 0.717) is 0 Å². The van der Waals surface area contributed by atoms with Crippen LogP contribution in [0.2, 0.25) is 0 Å². The fourth-order valence-corrected chi connectivity index (χ4v) is 2.83. The summed E-state index contributed by atoms with van der Waals surface area (Å²) in [5.41, 5.74) is 0. The van der Waals surface area contributed by atoms with Gasteiger partial charge in [-0.25, -0.2) is 3.87 Å². The molecule has 0 amide bonds. The average Bonchev–Trinajstić information content (AvgIpc) is 1.99. The van der Waals surface area contributed by atoms with E-state index in [1.54, 1.807) is 0 Å². The summed E-state index contributed by atoms with van der Waals surface area (Å²) in [6.45, 7) is 0. The van der Waals surface area contributed by atoms with Crippen molar-refractivity contribution in [3.63, 3.8) is 0 Å². The molecule has 0 aliphatic heterocycles. The van der Waals surface area contributed by atoms with Gasteiger partial charge in [0.25, 0.3) is 0 Å². The van der Waals surface area contributed by atoms with Gasteiger partial charge in [0.05, 0.1) is 0 Å². The molecule has 0 aromatic rings. The van der Waals surface area contributed by atoms with Gasteiger partial charge >= 0.3 is 19.4 Å². The van der Waals surface area contributed by atoms with Gasteiger partial charge in [0.1, 0.15) is 0 Å². The average molecular weight is 218 g/mol. The van der Waals surface area contributed by atoms with Crippen LogP contribution in [0.25, 0.3) is 0 Å². The Hall–Kier alpha value is -0.0331. The molecule has 0 atom stereocenters. The lowest BCUT2D eigenvalue weighted by atomic mass is 11.8. The first kappa shape index (κ1) is 12.0. The van der Waals surface area contributed by atoms with Crippen molar-refractivity contribution in [1.29, 1.82) is 0 Å². The predicted octanol–water partition coefficient (Wildman–Crippen LogP) is -0.819. The van der Waals surface area contributed by atoms with Crippen LogP contribution in [0.4, 0.5) is 0 Å². The Morgan fingerprint density at radius 2 is 1.42 bits per heavy atom. The summed E-state index contributed by atoms with van der Waals surface area (Å²) in [5.74, 6) is 0. The summed E-state index contributed by atoms with van der Waals surface area (Å²) in [4.78, 5) is 0. The van der Waals surface area contributed by atoms with E-state index in [2.05, 4.69) is 17.2 Å². The van der Waals surface area contributed by atoms with Crippen LogP contribution in [-0.4, -0.2) is 43.3 Å². The van der Waals surface area contributed by atoms with E-state index in [1.807, 2.05) is 0 Å². The van der Waals surface area contributed by atoms with E-state index in [-0.39, 0.29) is 0 Å². The van der Waals surface area contributed by atoms with Crippen LogP contribution in [0.5, 0.6) is 0 Å². The molecular formula is C3H10O7SSi. The van der Waals surface area contributed by atoms with Crippen molar-refractivity contribution in [2.75, 3.05) is 21.3 Å². The van der Waals surface area contributed by atoms with Crippen LogP contribution in [0, 0.1) is 0 Å². The Balaban J connectivity index is 4.52. The molecule has 0 saturated carbocycles. The Bertz CT molecular complexity index is 211. The van der Waals surface area contributed by atoms with Gasteiger partial charge in [0.15, 0.2) is 0 Å². The molecule has 0 fully saturated rings. The minimum Gasteiger partial charge on any atom is -0.354 e. The van der Waals surface area contributed by atoms with E-state index in [0.717, 1.165) is 21.3 Å². The first-order chi connectivity index (χ1) is 5.39. The molecule has 7 nitrogen and oxygen atoms in total. The van der Waals surface area contributed by atoms with Crippen molar-refractivity contribution >= 4 is 19.4 Å². The van der Waals surface area contributed by atoms with Crippen LogP contribution >= 0.6 is 0 Å². The molecule has 0 aliphatic carbocycles. The highest BCUT2D eigenvalue weighted by Gasteiger charge is 2.47. The second-order valence-electron chi connectivity index (χ2n) is 1.62. The standard InChI is InChI=1S/C3H10O7SSi/c1-7-12(8-2,9-3)10-11(4,5)6/h1-3H3,(H,4,5,6). The first-order valence-corrected chi connectivity index (χ1v) is 5.72. The van der Waals surface area contributed by atoms with E-state index in [4.69, 9.17) is 4.55 Å². The van der Waals surface area contributed by atoms with Crippen molar-refractivity contribution in [2.24, 2.45) is 0 Å². The molecule has 0 rings (SSSR count). The molecular weight excluding hydrogens is 208 g/mol. The molecule has 74 valence electrons. The van der Waals surface area contributed by atoms with Crippen molar-refractivity contribution in [3.8, 4) is 0 Å². The third kappa shape index (κ3) is 3.58. The monoisotopic (exact) mass is 218 g/mol. The molecule has 0 bridgehead atoms. The summed E-state index contributed by atoms with van der Waals surface area (Å²) < 4.78 is 46.5. The van der Waals surface area contributed by atoms with E-state index in [1.165, 1.54) is 0 Å². The highest BCUT2D eigenvalue weighted by atomic mass is 32.3. The quantitative estimate of drug-likeness (QED) is 0.476. The van der Waals surface area contributed by atoms with E-state index >= 15 is 0 Å². The molecule has 0 aromatic heterocycles. The largest absolute Gasteiger partial charge is 0.695 e. The zero-order chi connectivity index (χ0) is 9.83. The minimum atomic E-state index is -4.63. The molecule has 0 unspecified atom stereocenters. The third-order valence-corrected chi connectivity index (χ3v) is 4.12. The highest BCUT2D eigenvalue weighted by molar-refractivity contribution is 7.81. The van der Waals surface area contributed by atoms with Gasteiger partial charge in [-0.1, -0.05) is 0 Å². The van der Waals surface area contributed by atoms with Crippen molar-refractivity contribution < 1.29 is 30.1 Å². The maximum atomic E-state index is 10.3. The molecule has 1 N–H and O–H groups in total. The maximum absolute atomic E-state index is 10.3. The summed E-state index contributed by atoms with van der Waals surface area (Å²) >= 11 is 0. The molecule has 0 radical (unpaired) electrons. The van der Waals surface area contributed by atoms with Crippen LogP contribution in [0.15, 0.2) is 0 Å². The summed E-state index contributed by atoms with van der Waals surface area (Å²) in [5, 5.41) is 0. The molecule has 0 aliphatic rings. The molecule has 12 heavy (non-hydrogen) atoms. The first-order valence-electron chi connectivity index (χ1n) is 2.72. The Morgan fingerprint density at radius 1 is 1.08 bits per heavy atom. The van der Waals surface area contributed by atoms with E-state index < -0.39 is 19.4 Å². The summed E-state index contributed by atoms with van der Waals surface area (Å²) in [7, 11) is -4.89. The Morgan fingerprint density at radius 3 is 1.50 bits per heavy atom. The zero-order valence-corrected chi connectivity index (χ0v) is 8.62. The van der Waals surface area contributed by atoms with Gasteiger partial charge in [0, 0.05) is 21.3 Å². The van der Waals surface area contributed by atoms with Crippen LogP contribution in [0.1, 0.15) is 0 Å². The molecule has 0 aromatic carbocycles. The molecule has 0 heterocycles. The molecule has 9 heteroatoms. The number of hydrogen-bond acceptors (Lipinski definition) is 6. The normalized spacial score (nSPS) is 13.3. The molecule has 0 spiro atoms. The fourth-order valence-electron chi connectivity index (χ4n) is 0.481. The van der Waals surface area contributed by atoms with Gasteiger partial charge in [0.2, 0.25) is 0 Å². The van der Waals surface area contributed by atoms with Crippen LogP contribution in [-0.2, 0) is 27.5 Å². The number of hydrogen-bond donors (Lipinski definition) is 1. The van der Waals surface area contributed by atoms with Crippen LogP contribution < -0.4 is 0 Å². The second-order valence-corrected chi connectivity index (χ2v) is 5.37. The lowest BCUT2D eigenvalue weighted by Crippen LogP contribution is -2.47. The Labute approximate surface area is 71.6 Å². The Kier molecular flexibility index (Phi) is 4.26. The summed E-state index contributed by atoms with van der Waals surface area (Å²) in [6, 6.07) is 0. The van der Waals surface area contributed by atoms with E-state index in [9.17, 15) is 8.42 Å². The third-order valence-electron chi connectivity index (χ3n) is 0.957. The topological polar surface area (TPSA) is 91.3 Å². The van der Waals surface area contributed by atoms with Gasteiger partial charge in [-0.3, -0.25) is 4.55 Å². The minimum absolute atomic E-state index is 1.14. The van der Waals surface area contributed by atoms with Crippen molar-refractivity contribution in [3.05, 3.63) is 0 Å². The van der Waals surface area contributed by atoms with Gasteiger partial charge in [-0.15, -0.1) is 0 Å². The van der Waals surface area contributed by atoms with Gasteiger partial charge in [-0.05, 0) is 0 Å². The lowest BCUT2D eigenvalue weighted by molar-refractivity contribution is 0.0494. The van der Waals surface area contributed by atoms with Gasteiger partial charge < -0.3 is 13.3 Å². The lowest BCUT2D eigenvalue weighted by Gasteiger charge is -2.20. The maximum Gasteiger partial charge on any atom is 0.695 e. The van der Waals surface area contributed by atoms with Gasteiger partial charge in [-0.2, -0.15) is 8.42 Å².